The fourth-order valence-corrected chi connectivity index (χ4v) is 5.56. The maximum atomic E-state index is 12.7. The lowest BCUT2D eigenvalue weighted by atomic mass is 10.2. The van der Waals surface area contributed by atoms with Gasteiger partial charge in [-0.25, -0.2) is 18.1 Å². The number of imide groups is 2. The highest BCUT2D eigenvalue weighted by Gasteiger charge is 2.49. The Morgan fingerprint density at radius 3 is 2.21 bits per heavy atom. The van der Waals surface area contributed by atoms with E-state index in [0.717, 1.165) is 28.7 Å². The Kier molecular flexibility index (Phi) is 6.61. The van der Waals surface area contributed by atoms with Crippen LogP contribution < -0.4 is 0 Å². The van der Waals surface area contributed by atoms with Crippen LogP contribution in [0, 0.1) is 0 Å². The number of hydrogen-bond donors (Lipinski definition) is 0. The molecule has 1 aliphatic carbocycles. The van der Waals surface area contributed by atoms with E-state index in [-0.39, 0.29) is 32.2 Å². The highest BCUT2D eigenvalue weighted by molar-refractivity contribution is 7.92. The SMILES string of the molecule is O=C(CN1C(=O)C(=O)N(C2CCCC2)C1=O)N1CCN(S(=O)(=O)C=Cc2ccccc2)CC1. The Labute approximate surface area is 192 Å². The van der Waals surface area contributed by atoms with Gasteiger partial charge in [0.15, 0.2) is 0 Å². The van der Waals surface area contributed by atoms with Gasteiger partial charge in [-0.05, 0) is 24.5 Å². The van der Waals surface area contributed by atoms with Crippen molar-refractivity contribution in [3.05, 3.63) is 41.3 Å². The summed E-state index contributed by atoms with van der Waals surface area (Å²) in [5.74, 6) is -2.34. The molecule has 1 saturated carbocycles. The molecular formula is C22H26N4O6S. The van der Waals surface area contributed by atoms with Gasteiger partial charge in [0, 0.05) is 37.6 Å². The van der Waals surface area contributed by atoms with Crippen molar-refractivity contribution >= 4 is 39.9 Å². The molecule has 1 aromatic rings. The Hall–Kier alpha value is -3.05. The number of urea groups is 1. The van der Waals surface area contributed by atoms with Gasteiger partial charge in [0.2, 0.25) is 15.9 Å². The fraction of sp³-hybridized carbons (Fsp3) is 0.455. The van der Waals surface area contributed by atoms with Gasteiger partial charge in [0.25, 0.3) is 0 Å². The van der Waals surface area contributed by atoms with E-state index in [1.807, 2.05) is 18.2 Å². The van der Waals surface area contributed by atoms with Crippen molar-refractivity contribution in [1.29, 1.82) is 0 Å². The zero-order valence-corrected chi connectivity index (χ0v) is 18.9. The second-order valence-electron chi connectivity index (χ2n) is 8.33. The van der Waals surface area contributed by atoms with Gasteiger partial charge >= 0.3 is 17.8 Å². The first-order valence-corrected chi connectivity index (χ1v) is 12.5. The van der Waals surface area contributed by atoms with E-state index in [2.05, 4.69) is 0 Å². The molecule has 3 fully saturated rings. The van der Waals surface area contributed by atoms with E-state index in [9.17, 15) is 27.6 Å². The monoisotopic (exact) mass is 474 g/mol. The molecule has 0 aromatic heterocycles. The average molecular weight is 475 g/mol. The molecule has 33 heavy (non-hydrogen) atoms. The average Bonchev–Trinajstić information content (AvgIpc) is 3.42. The third-order valence-corrected chi connectivity index (χ3v) is 7.82. The maximum absolute atomic E-state index is 12.7. The molecule has 0 spiro atoms. The Bertz CT molecular complexity index is 1070. The number of carbonyl (C=O) groups excluding carboxylic acids is 4. The van der Waals surface area contributed by atoms with Gasteiger partial charge in [0.05, 0.1) is 0 Å². The second-order valence-corrected chi connectivity index (χ2v) is 10.1. The molecule has 5 amide bonds. The molecule has 3 aliphatic rings. The topological polar surface area (TPSA) is 115 Å². The number of amides is 5. The van der Waals surface area contributed by atoms with E-state index in [0.29, 0.717) is 17.7 Å². The van der Waals surface area contributed by atoms with Crippen LogP contribution >= 0.6 is 0 Å². The number of piperazine rings is 1. The van der Waals surface area contributed by atoms with Gasteiger partial charge in [-0.2, -0.15) is 4.31 Å². The van der Waals surface area contributed by atoms with E-state index < -0.39 is 40.3 Å². The number of nitrogens with zero attached hydrogens (tertiary/aromatic N) is 4. The molecule has 0 unspecified atom stereocenters. The van der Waals surface area contributed by atoms with Gasteiger partial charge in [0.1, 0.15) is 6.54 Å². The molecule has 0 atom stereocenters. The van der Waals surface area contributed by atoms with Crippen molar-refractivity contribution in [2.24, 2.45) is 0 Å². The number of sulfonamides is 1. The van der Waals surface area contributed by atoms with Crippen LogP contribution in [0.25, 0.3) is 6.08 Å². The lowest BCUT2D eigenvalue weighted by Gasteiger charge is -2.34. The Balaban J connectivity index is 1.33. The molecule has 2 saturated heterocycles. The van der Waals surface area contributed by atoms with Crippen LogP contribution in [0.1, 0.15) is 31.2 Å². The number of hydrogen-bond acceptors (Lipinski definition) is 6. The maximum Gasteiger partial charge on any atom is 0.334 e. The van der Waals surface area contributed by atoms with E-state index in [4.69, 9.17) is 0 Å². The predicted molar refractivity (Wildman–Crippen MR) is 119 cm³/mol. The molecule has 176 valence electrons. The highest BCUT2D eigenvalue weighted by Crippen LogP contribution is 2.27. The molecular weight excluding hydrogens is 448 g/mol. The summed E-state index contributed by atoms with van der Waals surface area (Å²) in [6, 6.07) is 8.03. The Morgan fingerprint density at radius 1 is 0.939 bits per heavy atom. The van der Waals surface area contributed by atoms with Crippen molar-refractivity contribution in [3.63, 3.8) is 0 Å². The van der Waals surface area contributed by atoms with Crippen molar-refractivity contribution in [1.82, 2.24) is 19.0 Å². The summed E-state index contributed by atoms with van der Waals surface area (Å²) in [7, 11) is -3.65. The smallest absolute Gasteiger partial charge is 0.334 e. The number of benzene rings is 1. The minimum atomic E-state index is -3.65. The van der Waals surface area contributed by atoms with E-state index in [1.165, 1.54) is 15.3 Å². The first kappa shape index (κ1) is 23.1. The number of rotatable bonds is 6. The molecule has 10 nitrogen and oxygen atoms in total. The van der Waals surface area contributed by atoms with Crippen LogP contribution in [0.4, 0.5) is 4.79 Å². The van der Waals surface area contributed by atoms with Crippen molar-refractivity contribution < 1.29 is 27.6 Å². The summed E-state index contributed by atoms with van der Waals surface area (Å²) < 4.78 is 26.5. The molecule has 1 aromatic carbocycles. The van der Waals surface area contributed by atoms with Crippen LogP contribution in [0.15, 0.2) is 35.7 Å². The highest BCUT2D eigenvalue weighted by atomic mass is 32.2. The summed E-state index contributed by atoms with van der Waals surface area (Å²) in [6.07, 6.45) is 4.64. The lowest BCUT2D eigenvalue weighted by Crippen LogP contribution is -2.53. The van der Waals surface area contributed by atoms with Crippen LogP contribution in [-0.4, -0.2) is 89.9 Å². The zero-order chi connectivity index (χ0) is 23.6. The molecule has 11 heteroatoms. The fourth-order valence-electron chi connectivity index (χ4n) is 4.39. The third kappa shape index (κ3) is 4.83. The van der Waals surface area contributed by atoms with Gasteiger partial charge in [-0.15, -0.1) is 0 Å². The second kappa shape index (κ2) is 9.44. The van der Waals surface area contributed by atoms with Crippen molar-refractivity contribution in [2.75, 3.05) is 32.7 Å². The van der Waals surface area contributed by atoms with Gasteiger partial charge in [-0.1, -0.05) is 43.2 Å². The number of carbonyl (C=O) groups is 4. The quantitative estimate of drug-likeness (QED) is 0.446. The van der Waals surface area contributed by atoms with Gasteiger partial charge < -0.3 is 4.90 Å². The van der Waals surface area contributed by atoms with Crippen LogP contribution in [0.3, 0.4) is 0 Å². The summed E-state index contributed by atoms with van der Waals surface area (Å²) in [4.78, 5) is 53.1. The van der Waals surface area contributed by atoms with Crippen molar-refractivity contribution in [2.45, 2.75) is 31.7 Å². The van der Waals surface area contributed by atoms with E-state index in [1.54, 1.807) is 12.1 Å². The molecule has 0 radical (unpaired) electrons. The molecule has 0 N–H and O–H groups in total. The first-order chi connectivity index (χ1) is 15.8. The summed E-state index contributed by atoms with van der Waals surface area (Å²) in [5.41, 5.74) is 0.760. The Morgan fingerprint density at radius 2 is 1.58 bits per heavy atom. The van der Waals surface area contributed by atoms with Crippen LogP contribution in [0.2, 0.25) is 0 Å². The van der Waals surface area contributed by atoms with Crippen LogP contribution in [0.5, 0.6) is 0 Å². The normalized spacial score (nSPS) is 21.1. The minimum absolute atomic E-state index is 0.0994. The third-order valence-electron chi connectivity index (χ3n) is 6.25. The molecule has 4 rings (SSSR count). The standard InChI is InChI=1S/C22H26N4O6S/c27-19(16-25-20(28)21(29)26(22(25)30)18-8-4-5-9-18)23-11-13-24(14-12-23)33(31,32)15-10-17-6-2-1-3-7-17/h1-3,6-7,10,15,18H,4-5,8-9,11-14,16H2. The summed E-state index contributed by atoms with van der Waals surface area (Å²) >= 11 is 0. The summed E-state index contributed by atoms with van der Waals surface area (Å²) in [6.45, 7) is -0.0563. The first-order valence-electron chi connectivity index (χ1n) is 11.0. The van der Waals surface area contributed by atoms with Crippen molar-refractivity contribution in [3.8, 4) is 0 Å². The lowest BCUT2D eigenvalue weighted by molar-refractivity contribution is -0.145. The van der Waals surface area contributed by atoms with Crippen LogP contribution in [-0.2, 0) is 24.4 Å². The zero-order valence-electron chi connectivity index (χ0n) is 18.1. The van der Waals surface area contributed by atoms with Gasteiger partial charge in [-0.3, -0.25) is 19.3 Å². The predicted octanol–water partition coefficient (Wildman–Crippen LogP) is 0.865. The minimum Gasteiger partial charge on any atom is -0.338 e. The van der Waals surface area contributed by atoms with E-state index >= 15 is 0 Å². The molecule has 0 bridgehead atoms. The molecule has 2 aliphatic heterocycles. The largest absolute Gasteiger partial charge is 0.338 e. The summed E-state index contributed by atoms with van der Waals surface area (Å²) in [5, 5.41) is 1.14. The molecule has 2 heterocycles.